The molecule has 2 aliphatic heterocycles. The molecule has 1 aromatic heterocycles. The fraction of sp³-hybridized carbons (Fsp3) is 0.214. The number of aromatic nitrogens is 1. The molecule has 0 bridgehead atoms. The van der Waals surface area contributed by atoms with Crippen LogP contribution in [-0.4, -0.2) is 49.7 Å². The lowest BCUT2D eigenvalue weighted by atomic mass is 10.1. The van der Waals surface area contributed by atoms with E-state index < -0.39 is 17.6 Å². The lowest BCUT2D eigenvalue weighted by Gasteiger charge is -2.43. The summed E-state index contributed by atoms with van der Waals surface area (Å²) in [6, 6.07) is 0. The van der Waals surface area contributed by atoms with Gasteiger partial charge >= 0.3 is 11.9 Å². The predicted octanol–water partition coefficient (Wildman–Crippen LogP) is 0.223. The van der Waals surface area contributed by atoms with Crippen molar-refractivity contribution >= 4 is 51.7 Å². The van der Waals surface area contributed by atoms with Gasteiger partial charge in [-0.2, -0.15) is 5.48 Å². The Kier molecular flexibility index (Phi) is 4.95. The van der Waals surface area contributed by atoms with Crippen LogP contribution in [0.5, 0.6) is 0 Å². The number of nitrogens with one attached hydrogen (secondary N) is 1. The number of allylic oxidation sites excluding steroid dienone is 1. The number of oxime groups is 1. The molecule has 2 aliphatic rings. The molecule has 12 heteroatoms. The lowest BCUT2D eigenvalue weighted by molar-refractivity contribution is -0.157. The molecule has 2 amide bonds. The molecule has 10 nitrogen and oxygen atoms in total. The average Bonchev–Trinajstić information content (AvgIpc) is 3.04. The van der Waals surface area contributed by atoms with Gasteiger partial charge in [-0.3, -0.25) is 14.5 Å². The molecule has 4 N–H and O–H groups in total. The van der Waals surface area contributed by atoms with Gasteiger partial charge in [-0.1, -0.05) is 17.8 Å². The van der Waals surface area contributed by atoms with E-state index in [1.807, 2.05) is 5.48 Å². The summed E-state index contributed by atoms with van der Waals surface area (Å²) in [5.41, 5.74) is 7.49. The van der Waals surface area contributed by atoms with Crippen LogP contribution in [0.1, 0.15) is 12.1 Å². The van der Waals surface area contributed by atoms with Crippen molar-refractivity contribution in [2.45, 2.75) is 11.8 Å². The van der Waals surface area contributed by atoms with Crippen LogP contribution in [0.25, 0.3) is 0 Å². The number of amides is 2. The molecule has 1 unspecified atom stereocenters. The van der Waals surface area contributed by atoms with Crippen molar-refractivity contribution in [3.05, 3.63) is 35.0 Å². The van der Waals surface area contributed by atoms with Crippen LogP contribution in [0.2, 0.25) is 0 Å². The molecule has 0 aromatic carbocycles. The number of nitrogens with two attached hydrogens (primary N) is 1. The predicted molar refractivity (Wildman–Crippen MR) is 94.0 cm³/mol. The van der Waals surface area contributed by atoms with Gasteiger partial charge in [0.2, 0.25) is 5.91 Å². The molecule has 0 saturated carbocycles. The molecule has 26 heavy (non-hydrogen) atoms. The van der Waals surface area contributed by atoms with Crippen molar-refractivity contribution in [3.63, 3.8) is 0 Å². The summed E-state index contributed by atoms with van der Waals surface area (Å²) >= 11 is 2.56. The number of rotatable bonds is 4. The molecule has 1 fully saturated rings. The Morgan fingerprint density at radius 2 is 2.35 bits per heavy atom. The molecule has 0 radical (unpaired) electrons. The number of carbonyl (C=O) groups excluding carboxylic acids is 3. The van der Waals surface area contributed by atoms with Gasteiger partial charge in [-0.15, -0.1) is 23.1 Å². The molecule has 1 atom stereocenters. The summed E-state index contributed by atoms with van der Waals surface area (Å²) in [5, 5.41) is 13.3. The number of anilines is 1. The monoisotopic (exact) mass is 395 g/mol. The number of thioether (sulfide) groups is 1. The zero-order valence-electron chi connectivity index (χ0n) is 13.2. The fourth-order valence-corrected chi connectivity index (χ4v) is 4.19. The molecule has 1 aromatic rings. The quantitative estimate of drug-likeness (QED) is 0.284. The first kappa shape index (κ1) is 17.9. The summed E-state index contributed by atoms with van der Waals surface area (Å²) in [6.45, 7) is 3.63. The van der Waals surface area contributed by atoms with Crippen molar-refractivity contribution in [2.75, 3.05) is 11.5 Å². The first-order chi connectivity index (χ1) is 12.5. The van der Waals surface area contributed by atoms with Gasteiger partial charge in [-0.25, -0.2) is 9.78 Å². The number of β-lactam (4-membered cyclic amide) rings is 1. The van der Waals surface area contributed by atoms with Crippen LogP contribution in [-0.2, 0) is 19.2 Å². The van der Waals surface area contributed by atoms with E-state index in [2.05, 4.69) is 16.7 Å². The highest BCUT2D eigenvalue weighted by Crippen LogP contribution is 2.40. The number of fused-ring (bicyclic) bond motifs is 1. The van der Waals surface area contributed by atoms with E-state index in [0.29, 0.717) is 17.7 Å². The van der Waals surface area contributed by atoms with E-state index in [1.165, 1.54) is 28.1 Å². The standard InChI is InChI=1S/C14H13N5O5S2/c1-2-6-4-25-9-3-8(20)19(9)11(6)13(22)24-18-12(21)10(17-23)7-5-26-14(15)16-7/h2,5,9,23H,1,3-4H2,(H2,15,16)(H,18,21)/b17-10-. The Bertz CT molecular complexity index is 862. The smallest absolute Gasteiger partial charge is 0.379 e. The van der Waals surface area contributed by atoms with Crippen LogP contribution >= 0.6 is 23.1 Å². The Labute approximate surface area is 155 Å². The molecule has 0 aliphatic carbocycles. The highest BCUT2D eigenvalue weighted by Gasteiger charge is 2.45. The zero-order valence-corrected chi connectivity index (χ0v) is 14.8. The maximum Gasteiger partial charge on any atom is 0.379 e. The van der Waals surface area contributed by atoms with E-state index >= 15 is 0 Å². The van der Waals surface area contributed by atoms with Crippen LogP contribution in [0.3, 0.4) is 0 Å². The van der Waals surface area contributed by atoms with Crippen LogP contribution < -0.4 is 11.2 Å². The molecular weight excluding hydrogens is 382 g/mol. The number of thiazole rings is 1. The van der Waals surface area contributed by atoms with E-state index in [9.17, 15) is 14.4 Å². The van der Waals surface area contributed by atoms with Gasteiger partial charge in [0.1, 0.15) is 11.4 Å². The average molecular weight is 395 g/mol. The third-order valence-electron chi connectivity index (χ3n) is 3.64. The number of nitrogen functional groups attached to an aromatic ring is 1. The third kappa shape index (κ3) is 3.15. The van der Waals surface area contributed by atoms with Gasteiger partial charge in [0.05, 0.1) is 11.8 Å². The van der Waals surface area contributed by atoms with Gasteiger partial charge in [0, 0.05) is 11.1 Å². The minimum Gasteiger partial charge on any atom is -0.410 e. The third-order valence-corrected chi connectivity index (χ3v) is 5.55. The Morgan fingerprint density at radius 3 is 2.92 bits per heavy atom. The summed E-state index contributed by atoms with van der Waals surface area (Å²) in [5.74, 6) is -1.63. The first-order valence-electron chi connectivity index (χ1n) is 7.20. The molecule has 136 valence electrons. The second-order valence-corrected chi connectivity index (χ2v) is 7.21. The van der Waals surface area contributed by atoms with Crippen molar-refractivity contribution < 1.29 is 24.4 Å². The minimum atomic E-state index is -0.997. The van der Waals surface area contributed by atoms with E-state index in [-0.39, 0.29) is 27.8 Å². The molecule has 0 spiro atoms. The van der Waals surface area contributed by atoms with Crippen LogP contribution in [0.4, 0.5) is 5.13 Å². The molecule has 3 heterocycles. The Hall–Kier alpha value is -2.86. The fourth-order valence-electron chi connectivity index (χ4n) is 2.38. The van der Waals surface area contributed by atoms with E-state index in [4.69, 9.17) is 15.8 Å². The number of nitrogens with zero attached hydrogens (tertiary/aromatic N) is 3. The van der Waals surface area contributed by atoms with Crippen molar-refractivity contribution in [1.29, 1.82) is 0 Å². The van der Waals surface area contributed by atoms with E-state index in [0.717, 1.165) is 11.3 Å². The van der Waals surface area contributed by atoms with Gasteiger partial charge < -0.3 is 15.8 Å². The Morgan fingerprint density at radius 1 is 1.58 bits per heavy atom. The summed E-state index contributed by atoms with van der Waals surface area (Å²) in [7, 11) is 0. The van der Waals surface area contributed by atoms with Gasteiger partial charge in [-0.05, 0) is 5.57 Å². The number of carbonyl (C=O) groups is 3. The lowest BCUT2D eigenvalue weighted by Crippen LogP contribution is -2.54. The number of hydrogen-bond donors (Lipinski definition) is 3. The second-order valence-electron chi connectivity index (χ2n) is 5.15. The first-order valence-corrected chi connectivity index (χ1v) is 9.13. The summed E-state index contributed by atoms with van der Waals surface area (Å²) < 4.78 is 0. The summed E-state index contributed by atoms with van der Waals surface area (Å²) in [6.07, 6.45) is 1.80. The zero-order chi connectivity index (χ0) is 18.8. The second kappa shape index (κ2) is 7.17. The largest absolute Gasteiger partial charge is 0.410 e. The summed E-state index contributed by atoms with van der Waals surface area (Å²) in [4.78, 5) is 46.2. The van der Waals surface area contributed by atoms with Crippen molar-refractivity contribution in [2.24, 2.45) is 5.16 Å². The normalized spacial score (nSPS) is 19.5. The number of hydrogen-bond acceptors (Lipinski definition) is 10. The van der Waals surface area contributed by atoms with Gasteiger partial charge in [0.25, 0.3) is 0 Å². The molecular formula is C14H13N5O5S2. The minimum absolute atomic E-state index is 0.0293. The topological polar surface area (TPSA) is 147 Å². The van der Waals surface area contributed by atoms with Gasteiger partial charge in [0.15, 0.2) is 10.8 Å². The maximum absolute atomic E-state index is 12.4. The molecule has 1 saturated heterocycles. The van der Waals surface area contributed by atoms with Crippen molar-refractivity contribution in [1.82, 2.24) is 15.4 Å². The van der Waals surface area contributed by atoms with E-state index in [1.54, 1.807) is 0 Å². The van der Waals surface area contributed by atoms with Crippen molar-refractivity contribution in [3.8, 4) is 0 Å². The number of hydroxylamine groups is 1. The Balaban J connectivity index is 1.71. The SMILES string of the molecule is C=CC1=C(C(=O)ONC(=O)/C(=N\O)c2csc(N)n2)N2C(=O)CC2SC1. The maximum atomic E-state index is 12.4. The highest BCUT2D eigenvalue weighted by atomic mass is 32.2. The highest BCUT2D eigenvalue weighted by molar-refractivity contribution is 8.00. The molecule has 3 rings (SSSR count). The van der Waals surface area contributed by atoms with Crippen LogP contribution in [0, 0.1) is 0 Å². The van der Waals surface area contributed by atoms with Crippen LogP contribution in [0.15, 0.2) is 34.5 Å².